The molecule has 1 aliphatic heterocycles. The lowest BCUT2D eigenvalue weighted by molar-refractivity contribution is 0.0931. The van der Waals surface area contributed by atoms with E-state index in [2.05, 4.69) is 5.32 Å². The maximum atomic E-state index is 12.7. The number of hydrogen-bond donors (Lipinski definition) is 1. The van der Waals surface area contributed by atoms with E-state index in [1.807, 2.05) is 30.3 Å². The highest BCUT2D eigenvalue weighted by atomic mass is 32.2. The number of nitrogens with zero attached hydrogens (tertiary/aromatic N) is 1. The molecule has 1 saturated carbocycles. The zero-order valence-corrected chi connectivity index (χ0v) is 15.3. The van der Waals surface area contributed by atoms with E-state index in [9.17, 15) is 13.2 Å². The summed E-state index contributed by atoms with van der Waals surface area (Å²) < 4.78 is 25.4. The van der Waals surface area contributed by atoms with Crippen molar-refractivity contribution in [2.75, 3.05) is 16.6 Å². The molecule has 0 radical (unpaired) electrons. The molecule has 26 heavy (non-hydrogen) atoms. The van der Waals surface area contributed by atoms with Gasteiger partial charge in [0.05, 0.1) is 17.5 Å². The van der Waals surface area contributed by atoms with E-state index in [4.69, 9.17) is 0 Å². The molecule has 2 fully saturated rings. The molecule has 4 rings (SSSR count). The zero-order valence-electron chi connectivity index (χ0n) is 14.5. The quantitative estimate of drug-likeness (QED) is 0.879. The van der Waals surface area contributed by atoms with Crippen LogP contribution in [-0.2, 0) is 10.0 Å². The highest BCUT2D eigenvalue weighted by Crippen LogP contribution is 2.41. The van der Waals surface area contributed by atoms with E-state index < -0.39 is 10.0 Å². The van der Waals surface area contributed by atoms with Crippen molar-refractivity contribution in [1.82, 2.24) is 5.32 Å². The van der Waals surface area contributed by atoms with Crippen molar-refractivity contribution in [3.63, 3.8) is 0 Å². The van der Waals surface area contributed by atoms with E-state index >= 15 is 0 Å². The highest BCUT2D eigenvalue weighted by molar-refractivity contribution is 7.93. The Kier molecular flexibility index (Phi) is 4.44. The van der Waals surface area contributed by atoms with Crippen molar-refractivity contribution in [2.24, 2.45) is 5.92 Å². The predicted octanol–water partition coefficient (Wildman–Crippen LogP) is 3.11. The zero-order chi connectivity index (χ0) is 18.1. The van der Waals surface area contributed by atoms with Crippen LogP contribution < -0.4 is 9.62 Å². The molecule has 2 aliphatic rings. The summed E-state index contributed by atoms with van der Waals surface area (Å²) >= 11 is 0. The fraction of sp³-hybridized carbons (Fsp3) is 0.350. The van der Waals surface area contributed by atoms with E-state index in [0.717, 1.165) is 18.4 Å². The summed E-state index contributed by atoms with van der Waals surface area (Å²) in [6.45, 7) is 0.506. The third-order valence-electron chi connectivity index (χ3n) is 5.06. The number of carbonyl (C=O) groups is 1. The van der Waals surface area contributed by atoms with Gasteiger partial charge < -0.3 is 5.32 Å². The van der Waals surface area contributed by atoms with Crippen LogP contribution in [0.15, 0.2) is 54.6 Å². The Balaban J connectivity index is 1.49. The van der Waals surface area contributed by atoms with Gasteiger partial charge in [-0.15, -0.1) is 0 Å². The fourth-order valence-corrected chi connectivity index (χ4v) is 5.06. The number of hydrogen-bond acceptors (Lipinski definition) is 3. The molecule has 1 amide bonds. The summed E-state index contributed by atoms with van der Waals surface area (Å²) in [6.07, 6.45) is 2.90. The number of rotatable bonds is 5. The first-order chi connectivity index (χ1) is 12.5. The number of anilines is 1. The summed E-state index contributed by atoms with van der Waals surface area (Å²) in [5.74, 6) is 0.562. The monoisotopic (exact) mass is 370 g/mol. The van der Waals surface area contributed by atoms with Gasteiger partial charge in [0.1, 0.15) is 0 Å². The van der Waals surface area contributed by atoms with Crippen molar-refractivity contribution in [3.8, 4) is 0 Å². The molecule has 1 unspecified atom stereocenters. The summed E-state index contributed by atoms with van der Waals surface area (Å²) in [5, 5.41) is 3.15. The first-order valence-corrected chi connectivity index (χ1v) is 10.6. The fourth-order valence-electron chi connectivity index (χ4n) is 3.50. The van der Waals surface area contributed by atoms with Crippen LogP contribution in [-0.4, -0.2) is 26.6 Å². The Morgan fingerprint density at radius 3 is 2.31 bits per heavy atom. The first kappa shape index (κ1) is 17.1. The molecule has 6 heteroatoms. The molecule has 1 aliphatic carbocycles. The number of carbonyl (C=O) groups excluding carboxylic acids is 1. The summed E-state index contributed by atoms with van der Waals surface area (Å²) in [6, 6.07) is 16.9. The van der Waals surface area contributed by atoms with Crippen molar-refractivity contribution in [3.05, 3.63) is 65.7 Å². The normalized spacial score (nSPS) is 19.9. The van der Waals surface area contributed by atoms with Gasteiger partial charge in [-0.1, -0.05) is 30.3 Å². The van der Waals surface area contributed by atoms with Crippen LogP contribution in [0.1, 0.15) is 41.2 Å². The van der Waals surface area contributed by atoms with E-state index in [-0.39, 0.29) is 17.7 Å². The summed E-state index contributed by atoms with van der Waals surface area (Å²) in [5.41, 5.74) is 2.30. The van der Waals surface area contributed by atoms with E-state index in [1.165, 1.54) is 4.31 Å². The molecule has 1 N–H and O–H groups in total. The van der Waals surface area contributed by atoms with Gasteiger partial charge in [0, 0.05) is 12.1 Å². The van der Waals surface area contributed by atoms with Crippen LogP contribution in [0.4, 0.5) is 5.69 Å². The van der Waals surface area contributed by atoms with Crippen molar-refractivity contribution < 1.29 is 13.2 Å². The molecule has 1 heterocycles. The minimum Gasteiger partial charge on any atom is -0.345 e. The minimum atomic E-state index is -3.20. The van der Waals surface area contributed by atoms with Gasteiger partial charge in [0.25, 0.3) is 5.91 Å². The Hall–Kier alpha value is -2.34. The molecule has 5 nitrogen and oxygen atoms in total. The SMILES string of the molecule is O=C(NC(c1ccccc1)C1CC1)c1ccc(N2CCCS2(=O)=O)cc1. The molecule has 1 atom stereocenters. The molecule has 0 spiro atoms. The maximum absolute atomic E-state index is 12.7. The average molecular weight is 370 g/mol. The van der Waals surface area contributed by atoms with Crippen LogP contribution >= 0.6 is 0 Å². The molecule has 136 valence electrons. The Bertz CT molecular complexity index is 890. The lowest BCUT2D eigenvalue weighted by atomic mass is 10.0. The van der Waals surface area contributed by atoms with Crippen LogP contribution in [0, 0.1) is 5.92 Å². The van der Waals surface area contributed by atoms with Crippen molar-refractivity contribution in [2.45, 2.75) is 25.3 Å². The average Bonchev–Trinajstić information content (AvgIpc) is 3.43. The molecule has 0 bridgehead atoms. The smallest absolute Gasteiger partial charge is 0.251 e. The lowest BCUT2D eigenvalue weighted by Crippen LogP contribution is -2.30. The van der Waals surface area contributed by atoms with Crippen molar-refractivity contribution >= 4 is 21.6 Å². The topological polar surface area (TPSA) is 66.5 Å². The van der Waals surface area contributed by atoms with Gasteiger partial charge in [0.15, 0.2) is 0 Å². The number of sulfonamides is 1. The van der Waals surface area contributed by atoms with Crippen LogP contribution in [0.5, 0.6) is 0 Å². The van der Waals surface area contributed by atoms with Gasteiger partial charge >= 0.3 is 0 Å². The molecule has 1 saturated heterocycles. The van der Waals surface area contributed by atoms with Gasteiger partial charge in [-0.05, 0) is 55.0 Å². The second kappa shape index (κ2) is 6.76. The highest BCUT2D eigenvalue weighted by Gasteiger charge is 2.33. The van der Waals surface area contributed by atoms with E-state index in [1.54, 1.807) is 24.3 Å². The van der Waals surface area contributed by atoms with Crippen molar-refractivity contribution in [1.29, 1.82) is 0 Å². The maximum Gasteiger partial charge on any atom is 0.251 e. The lowest BCUT2D eigenvalue weighted by Gasteiger charge is -2.20. The van der Waals surface area contributed by atoms with Crippen LogP contribution in [0.2, 0.25) is 0 Å². The third kappa shape index (κ3) is 3.46. The third-order valence-corrected chi connectivity index (χ3v) is 6.92. The largest absolute Gasteiger partial charge is 0.345 e. The van der Waals surface area contributed by atoms with E-state index in [0.29, 0.717) is 30.1 Å². The second-order valence-corrected chi connectivity index (χ2v) is 9.00. The molecule has 2 aromatic carbocycles. The standard InChI is InChI=1S/C20H22N2O3S/c23-20(21-19(16-7-8-16)15-5-2-1-3-6-15)17-9-11-18(12-10-17)22-13-4-14-26(22,24)25/h1-3,5-6,9-12,16,19H,4,7-8,13-14H2,(H,21,23). The molecular weight excluding hydrogens is 348 g/mol. The molecule has 2 aromatic rings. The summed E-state index contributed by atoms with van der Waals surface area (Å²) in [7, 11) is -3.20. The predicted molar refractivity (Wildman–Crippen MR) is 102 cm³/mol. The van der Waals surface area contributed by atoms with Gasteiger partial charge in [-0.25, -0.2) is 8.42 Å². The number of amides is 1. The van der Waals surface area contributed by atoms with Gasteiger partial charge in [-0.3, -0.25) is 9.10 Å². The van der Waals surface area contributed by atoms with Crippen LogP contribution in [0.3, 0.4) is 0 Å². The molecular formula is C20H22N2O3S. The second-order valence-electron chi connectivity index (χ2n) is 6.99. The molecule has 0 aromatic heterocycles. The Morgan fingerprint density at radius 2 is 1.73 bits per heavy atom. The minimum absolute atomic E-state index is 0.0299. The number of nitrogens with one attached hydrogen (secondary N) is 1. The Morgan fingerprint density at radius 1 is 1.04 bits per heavy atom. The van der Waals surface area contributed by atoms with Crippen LogP contribution in [0.25, 0.3) is 0 Å². The summed E-state index contributed by atoms with van der Waals surface area (Å²) in [4.78, 5) is 12.7. The first-order valence-electron chi connectivity index (χ1n) is 9.01. The van der Waals surface area contributed by atoms with Gasteiger partial charge in [-0.2, -0.15) is 0 Å². The van der Waals surface area contributed by atoms with Gasteiger partial charge in [0.2, 0.25) is 10.0 Å². The Labute approximate surface area is 154 Å². The number of benzene rings is 2.